The van der Waals surface area contributed by atoms with Crippen LogP contribution in [0.2, 0.25) is 0 Å². The van der Waals surface area contributed by atoms with Gasteiger partial charge in [0.1, 0.15) is 11.5 Å². The number of hydrogen-bond donors (Lipinski definition) is 2. The summed E-state index contributed by atoms with van der Waals surface area (Å²) in [7, 11) is 1.66. The second-order valence-electron chi connectivity index (χ2n) is 5.00. The smallest absolute Gasteiger partial charge is 0.171 e. The minimum Gasteiger partial charge on any atom is -0.497 e. The largest absolute Gasteiger partial charge is 0.497 e. The van der Waals surface area contributed by atoms with E-state index in [1.807, 2.05) is 48.5 Å². The molecule has 2 aromatic carbocycles. The van der Waals surface area contributed by atoms with E-state index >= 15 is 0 Å². The fraction of sp³-hybridized carbons (Fsp3) is 0.278. The lowest BCUT2D eigenvalue weighted by Gasteiger charge is -2.14. The molecule has 0 saturated carbocycles. The van der Waals surface area contributed by atoms with Gasteiger partial charge in [0, 0.05) is 6.54 Å². The molecule has 0 unspecified atom stereocenters. The average Bonchev–Trinajstić information content (AvgIpc) is 2.59. The normalized spacial score (nSPS) is 10.0. The number of methoxy groups -OCH3 is 1. The maximum Gasteiger partial charge on any atom is 0.171 e. The van der Waals surface area contributed by atoms with Crippen molar-refractivity contribution in [1.82, 2.24) is 5.32 Å². The summed E-state index contributed by atoms with van der Waals surface area (Å²) in [6.07, 6.45) is 0.967. The summed E-state index contributed by atoms with van der Waals surface area (Å²) in [4.78, 5) is 0. The van der Waals surface area contributed by atoms with Crippen LogP contribution in [0.15, 0.2) is 48.5 Å². The van der Waals surface area contributed by atoms with Crippen molar-refractivity contribution in [2.45, 2.75) is 19.9 Å². The first-order valence-corrected chi connectivity index (χ1v) is 8.03. The SMILES string of the molecule is CCCOc1ccccc1NC(=S)NCc1ccc(OC)cc1. The minimum absolute atomic E-state index is 0.563. The zero-order chi connectivity index (χ0) is 16.5. The van der Waals surface area contributed by atoms with E-state index in [9.17, 15) is 0 Å². The summed E-state index contributed by atoms with van der Waals surface area (Å²) in [6, 6.07) is 15.7. The molecule has 0 bridgehead atoms. The van der Waals surface area contributed by atoms with Crippen LogP contribution >= 0.6 is 12.2 Å². The van der Waals surface area contributed by atoms with E-state index in [2.05, 4.69) is 17.6 Å². The van der Waals surface area contributed by atoms with Gasteiger partial charge in [-0.1, -0.05) is 31.2 Å². The van der Waals surface area contributed by atoms with Crippen molar-refractivity contribution in [2.24, 2.45) is 0 Å². The lowest BCUT2D eigenvalue weighted by molar-refractivity contribution is 0.319. The van der Waals surface area contributed by atoms with Crippen LogP contribution in [0.4, 0.5) is 5.69 Å². The molecule has 0 aliphatic heterocycles. The molecule has 122 valence electrons. The van der Waals surface area contributed by atoms with E-state index in [0.29, 0.717) is 18.3 Å². The number of ether oxygens (including phenoxy) is 2. The second kappa shape index (κ2) is 9.00. The number of benzene rings is 2. The van der Waals surface area contributed by atoms with Gasteiger partial charge in [0.25, 0.3) is 0 Å². The molecule has 0 aliphatic rings. The van der Waals surface area contributed by atoms with Crippen molar-refractivity contribution < 1.29 is 9.47 Å². The van der Waals surface area contributed by atoms with Gasteiger partial charge >= 0.3 is 0 Å². The molecule has 0 spiro atoms. The number of nitrogens with one attached hydrogen (secondary N) is 2. The molecule has 0 aromatic heterocycles. The quantitative estimate of drug-likeness (QED) is 0.752. The second-order valence-corrected chi connectivity index (χ2v) is 5.41. The molecule has 4 nitrogen and oxygen atoms in total. The lowest BCUT2D eigenvalue weighted by atomic mass is 10.2. The van der Waals surface area contributed by atoms with Gasteiger partial charge in [0.2, 0.25) is 0 Å². The van der Waals surface area contributed by atoms with E-state index in [-0.39, 0.29) is 0 Å². The average molecular weight is 330 g/mol. The summed E-state index contributed by atoms with van der Waals surface area (Å²) in [6.45, 7) is 3.41. The fourth-order valence-electron chi connectivity index (χ4n) is 2.00. The first-order chi connectivity index (χ1) is 11.2. The van der Waals surface area contributed by atoms with Crippen molar-refractivity contribution >= 4 is 23.0 Å². The first-order valence-electron chi connectivity index (χ1n) is 7.62. The van der Waals surface area contributed by atoms with Crippen LogP contribution in [0, 0.1) is 0 Å². The van der Waals surface area contributed by atoms with Crippen molar-refractivity contribution in [3.63, 3.8) is 0 Å². The zero-order valence-corrected chi connectivity index (χ0v) is 14.3. The fourth-order valence-corrected chi connectivity index (χ4v) is 2.18. The van der Waals surface area contributed by atoms with E-state index in [1.165, 1.54) is 0 Å². The number of thiocarbonyl (C=S) groups is 1. The molecule has 0 fully saturated rings. The molecule has 5 heteroatoms. The van der Waals surface area contributed by atoms with Crippen molar-refractivity contribution in [1.29, 1.82) is 0 Å². The highest BCUT2D eigenvalue weighted by Gasteiger charge is 2.04. The van der Waals surface area contributed by atoms with Crippen LogP contribution in [-0.4, -0.2) is 18.8 Å². The monoisotopic (exact) mass is 330 g/mol. The van der Waals surface area contributed by atoms with E-state index < -0.39 is 0 Å². The maximum absolute atomic E-state index is 5.71. The van der Waals surface area contributed by atoms with Gasteiger partial charge in [0.05, 0.1) is 19.4 Å². The molecule has 2 N–H and O–H groups in total. The number of rotatable bonds is 7. The Labute approximate surface area is 142 Å². The zero-order valence-electron chi connectivity index (χ0n) is 13.5. The van der Waals surface area contributed by atoms with Crippen molar-refractivity contribution in [3.8, 4) is 11.5 Å². The van der Waals surface area contributed by atoms with Gasteiger partial charge in [-0.15, -0.1) is 0 Å². The maximum atomic E-state index is 5.71. The molecular weight excluding hydrogens is 308 g/mol. The van der Waals surface area contributed by atoms with E-state index in [0.717, 1.165) is 29.2 Å². The van der Waals surface area contributed by atoms with Gasteiger partial charge in [-0.3, -0.25) is 0 Å². The number of anilines is 1. The predicted octanol–water partition coefficient (Wildman–Crippen LogP) is 3.97. The molecule has 0 heterocycles. The van der Waals surface area contributed by atoms with Crippen LogP contribution in [-0.2, 0) is 6.54 Å². The summed E-state index contributed by atoms with van der Waals surface area (Å²) >= 11 is 5.35. The van der Waals surface area contributed by atoms with E-state index in [4.69, 9.17) is 21.7 Å². The van der Waals surface area contributed by atoms with Crippen LogP contribution in [0.3, 0.4) is 0 Å². The van der Waals surface area contributed by atoms with Gasteiger partial charge in [-0.25, -0.2) is 0 Å². The molecule has 0 atom stereocenters. The summed E-state index contributed by atoms with van der Waals surface area (Å²) in [5.41, 5.74) is 2.00. The molecule has 0 aliphatic carbocycles. The Morgan fingerprint density at radius 2 is 1.83 bits per heavy atom. The lowest BCUT2D eigenvalue weighted by Crippen LogP contribution is -2.28. The van der Waals surface area contributed by atoms with Crippen molar-refractivity contribution in [2.75, 3.05) is 19.0 Å². The van der Waals surface area contributed by atoms with Crippen LogP contribution in [0.5, 0.6) is 11.5 Å². The Morgan fingerprint density at radius 1 is 1.09 bits per heavy atom. The Hall–Kier alpha value is -2.27. The Kier molecular flexibility index (Phi) is 6.69. The third kappa shape index (κ3) is 5.45. The van der Waals surface area contributed by atoms with Crippen LogP contribution in [0.1, 0.15) is 18.9 Å². The topological polar surface area (TPSA) is 42.5 Å². The molecule has 0 amide bonds. The highest BCUT2D eigenvalue weighted by atomic mass is 32.1. The number of para-hydroxylation sites is 2. The molecule has 0 saturated heterocycles. The number of hydrogen-bond acceptors (Lipinski definition) is 3. The Morgan fingerprint density at radius 3 is 2.52 bits per heavy atom. The van der Waals surface area contributed by atoms with Gasteiger partial charge in [-0.05, 0) is 48.5 Å². The van der Waals surface area contributed by atoms with Gasteiger partial charge in [0.15, 0.2) is 5.11 Å². The molecule has 23 heavy (non-hydrogen) atoms. The molecular formula is C18H22N2O2S. The van der Waals surface area contributed by atoms with Crippen molar-refractivity contribution in [3.05, 3.63) is 54.1 Å². The third-order valence-corrected chi connectivity index (χ3v) is 3.46. The highest BCUT2D eigenvalue weighted by molar-refractivity contribution is 7.80. The summed E-state index contributed by atoms with van der Waals surface area (Å²) < 4.78 is 10.9. The first kappa shape index (κ1) is 17.1. The molecule has 0 radical (unpaired) electrons. The minimum atomic E-state index is 0.563. The third-order valence-electron chi connectivity index (χ3n) is 3.21. The standard InChI is InChI=1S/C18H22N2O2S/c1-3-12-22-17-7-5-4-6-16(17)20-18(23)19-13-14-8-10-15(21-2)11-9-14/h4-11H,3,12-13H2,1-2H3,(H2,19,20,23). The van der Waals surface area contributed by atoms with Gasteiger partial charge < -0.3 is 20.1 Å². The molecule has 2 rings (SSSR count). The van der Waals surface area contributed by atoms with E-state index in [1.54, 1.807) is 7.11 Å². The Balaban J connectivity index is 1.89. The highest BCUT2D eigenvalue weighted by Crippen LogP contribution is 2.23. The summed E-state index contributed by atoms with van der Waals surface area (Å²) in [5, 5.41) is 6.94. The van der Waals surface area contributed by atoms with Crippen LogP contribution in [0.25, 0.3) is 0 Å². The Bertz CT molecular complexity index is 629. The molecule has 2 aromatic rings. The van der Waals surface area contributed by atoms with Gasteiger partial charge in [-0.2, -0.15) is 0 Å². The predicted molar refractivity (Wildman–Crippen MR) is 98.3 cm³/mol. The van der Waals surface area contributed by atoms with Crippen LogP contribution < -0.4 is 20.1 Å². The summed E-state index contributed by atoms with van der Waals surface area (Å²) in [5.74, 6) is 1.65.